The van der Waals surface area contributed by atoms with Gasteiger partial charge in [-0.25, -0.2) is 9.97 Å². The highest BCUT2D eigenvalue weighted by Crippen LogP contribution is 2.34. The number of nitrogen functional groups attached to an aromatic ring is 1. The zero-order valence-electron chi connectivity index (χ0n) is 11.5. The SMILES string of the molecule is COCc1nc(C(OC)C(C)(C)C)nc(N)c1I. The maximum atomic E-state index is 5.92. The van der Waals surface area contributed by atoms with Gasteiger partial charge >= 0.3 is 0 Å². The summed E-state index contributed by atoms with van der Waals surface area (Å²) in [5, 5.41) is 0. The number of halogens is 1. The number of nitrogens with two attached hydrogens (primary N) is 1. The van der Waals surface area contributed by atoms with Crippen molar-refractivity contribution in [2.75, 3.05) is 20.0 Å². The van der Waals surface area contributed by atoms with E-state index in [-0.39, 0.29) is 11.5 Å². The highest BCUT2D eigenvalue weighted by Gasteiger charge is 2.29. The van der Waals surface area contributed by atoms with Gasteiger partial charge in [0.25, 0.3) is 0 Å². The molecule has 102 valence electrons. The summed E-state index contributed by atoms with van der Waals surface area (Å²) in [6.45, 7) is 6.65. The van der Waals surface area contributed by atoms with Crippen LogP contribution in [0.3, 0.4) is 0 Å². The molecule has 0 radical (unpaired) electrons. The molecule has 2 N–H and O–H groups in total. The Balaban J connectivity index is 3.24. The normalized spacial score (nSPS) is 13.7. The van der Waals surface area contributed by atoms with Crippen molar-refractivity contribution in [3.05, 3.63) is 15.1 Å². The van der Waals surface area contributed by atoms with Crippen LogP contribution in [0.15, 0.2) is 0 Å². The van der Waals surface area contributed by atoms with E-state index in [0.717, 1.165) is 9.26 Å². The zero-order valence-corrected chi connectivity index (χ0v) is 13.6. The molecule has 0 bridgehead atoms. The molecular formula is C12H20IN3O2. The lowest BCUT2D eigenvalue weighted by molar-refractivity contribution is 0.00833. The van der Waals surface area contributed by atoms with Crippen LogP contribution >= 0.6 is 22.6 Å². The molecule has 18 heavy (non-hydrogen) atoms. The van der Waals surface area contributed by atoms with Crippen LogP contribution in [-0.2, 0) is 16.1 Å². The molecule has 1 heterocycles. The van der Waals surface area contributed by atoms with Crippen LogP contribution in [0.25, 0.3) is 0 Å². The molecule has 0 saturated carbocycles. The fourth-order valence-electron chi connectivity index (χ4n) is 1.73. The first-order chi connectivity index (χ1) is 8.31. The van der Waals surface area contributed by atoms with E-state index in [1.807, 2.05) is 0 Å². The van der Waals surface area contributed by atoms with Gasteiger partial charge in [-0.05, 0) is 28.0 Å². The Bertz CT molecular complexity index is 419. The van der Waals surface area contributed by atoms with Crippen molar-refractivity contribution in [2.45, 2.75) is 33.5 Å². The van der Waals surface area contributed by atoms with Gasteiger partial charge < -0.3 is 15.2 Å². The fraction of sp³-hybridized carbons (Fsp3) is 0.667. The third kappa shape index (κ3) is 3.52. The van der Waals surface area contributed by atoms with Crippen molar-refractivity contribution >= 4 is 28.4 Å². The van der Waals surface area contributed by atoms with Gasteiger partial charge in [0, 0.05) is 14.2 Å². The summed E-state index contributed by atoms with van der Waals surface area (Å²) in [6, 6.07) is 0. The minimum Gasteiger partial charge on any atom is -0.383 e. The summed E-state index contributed by atoms with van der Waals surface area (Å²) in [5.74, 6) is 1.08. The molecule has 5 nitrogen and oxygen atoms in total. The second-order valence-corrected chi connectivity index (χ2v) is 6.22. The molecule has 0 amide bonds. The Morgan fingerprint density at radius 1 is 1.28 bits per heavy atom. The van der Waals surface area contributed by atoms with E-state index in [1.165, 1.54) is 0 Å². The molecule has 1 aromatic heterocycles. The lowest BCUT2D eigenvalue weighted by atomic mass is 9.88. The molecule has 1 atom stereocenters. The van der Waals surface area contributed by atoms with Crippen molar-refractivity contribution in [3.63, 3.8) is 0 Å². The number of anilines is 1. The first-order valence-electron chi connectivity index (χ1n) is 5.64. The minimum absolute atomic E-state index is 0.0989. The highest BCUT2D eigenvalue weighted by atomic mass is 127. The first kappa shape index (κ1) is 15.6. The molecule has 0 saturated heterocycles. The lowest BCUT2D eigenvalue weighted by Crippen LogP contribution is -2.24. The monoisotopic (exact) mass is 365 g/mol. The Morgan fingerprint density at radius 3 is 2.33 bits per heavy atom. The van der Waals surface area contributed by atoms with E-state index in [1.54, 1.807) is 14.2 Å². The van der Waals surface area contributed by atoms with Crippen molar-refractivity contribution < 1.29 is 9.47 Å². The molecule has 1 aromatic rings. The molecule has 1 rings (SSSR count). The van der Waals surface area contributed by atoms with Crippen LogP contribution in [0.1, 0.15) is 38.4 Å². The second-order valence-electron chi connectivity index (χ2n) is 5.14. The molecule has 0 fully saturated rings. The van der Waals surface area contributed by atoms with Gasteiger partial charge in [0.2, 0.25) is 0 Å². The third-order valence-electron chi connectivity index (χ3n) is 2.50. The third-order valence-corrected chi connectivity index (χ3v) is 3.68. The average Bonchev–Trinajstić information content (AvgIpc) is 2.24. The molecule has 1 unspecified atom stereocenters. The zero-order chi connectivity index (χ0) is 13.9. The molecule has 0 aromatic carbocycles. The number of nitrogens with zero attached hydrogens (tertiary/aromatic N) is 2. The lowest BCUT2D eigenvalue weighted by Gasteiger charge is -2.28. The van der Waals surface area contributed by atoms with Crippen LogP contribution in [0.2, 0.25) is 0 Å². The van der Waals surface area contributed by atoms with E-state index < -0.39 is 0 Å². The van der Waals surface area contributed by atoms with Gasteiger partial charge in [-0.2, -0.15) is 0 Å². The number of rotatable bonds is 4. The maximum absolute atomic E-state index is 5.92. The predicted molar refractivity (Wildman–Crippen MR) is 79.1 cm³/mol. The van der Waals surface area contributed by atoms with Crippen LogP contribution in [0, 0.1) is 8.99 Å². The summed E-state index contributed by atoms with van der Waals surface area (Å²) in [4.78, 5) is 8.84. The summed E-state index contributed by atoms with van der Waals surface area (Å²) in [6.07, 6.45) is -0.201. The van der Waals surface area contributed by atoms with E-state index >= 15 is 0 Å². The molecular weight excluding hydrogens is 345 g/mol. The van der Waals surface area contributed by atoms with Crippen molar-refractivity contribution in [3.8, 4) is 0 Å². The first-order valence-corrected chi connectivity index (χ1v) is 6.72. The highest BCUT2D eigenvalue weighted by molar-refractivity contribution is 14.1. The maximum Gasteiger partial charge on any atom is 0.160 e. The predicted octanol–water partition coefficient (Wildman–Crippen LogP) is 2.54. The standard InChI is InChI=1S/C12H20IN3O2/c1-12(2,3)9(18-5)11-15-7(6-17-4)8(13)10(14)16-11/h9H,6H2,1-5H3,(H2,14,15,16). The minimum atomic E-state index is -0.201. The topological polar surface area (TPSA) is 70.3 Å². The van der Waals surface area contributed by atoms with Crippen LogP contribution < -0.4 is 5.73 Å². The van der Waals surface area contributed by atoms with Crippen molar-refractivity contribution in [2.24, 2.45) is 5.41 Å². The van der Waals surface area contributed by atoms with Gasteiger partial charge in [-0.1, -0.05) is 20.8 Å². The van der Waals surface area contributed by atoms with Gasteiger partial charge in [-0.3, -0.25) is 0 Å². The number of hydrogen-bond donors (Lipinski definition) is 1. The van der Waals surface area contributed by atoms with E-state index in [0.29, 0.717) is 18.2 Å². The Hall–Kier alpha value is -0.470. The van der Waals surface area contributed by atoms with E-state index in [4.69, 9.17) is 15.2 Å². The van der Waals surface area contributed by atoms with Gasteiger partial charge in [0.15, 0.2) is 5.82 Å². The van der Waals surface area contributed by atoms with Crippen molar-refractivity contribution in [1.82, 2.24) is 9.97 Å². The summed E-state index contributed by atoms with van der Waals surface area (Å²) >= 11 is 2.13. The van der Waals surface area contributed by atoms with E-state index in [9.17, 15) is 0 Å². The van der Waals surface area contributed by atoms with Gasteiger partial charge in [0.1, 0.15) is 11.9 Å². The quantitative estimate of drug-likeness (QED) is 0.831. The van der Waals surface area contributed by atoms with E-state index in [2.05, 4.69) is 53.3 Å². The molecule has 0 aliphatic rings. The Kier molecular flexibility index (Phi) is 5.30. The summed E-state index contributed by atoms with van der Waals surface area (Å²) in [5.41, 5.74) is 6.62. The van der Waals surface area contributed by atoms with Crippen LogP contribution in [0.4, 0.5) is 5.82 Å². The fourth-order valence-corrected chi connectivity index (χ4v) is 2.13. The van der Waals surface area contributed by atoms with Gasteiger partial charge in [0.05, 0.1) is 15.9 Å². The summed E-state index contributed by atoms with van der Waals surface area (Å²) < 4.78 is 11.5. The largest absolute Gasteiger partial charge is 0.383 e. The van der Waals surface area contributed by atoms with Crippen LogP contribution in [-0.4, -0.2) is 24.2 Å². The number of methoxy groups -OCH3 is 2. The number of ether oxygens (including phenoxy) is 2. The Morgan fingerprint density at radius 2 is 1.89 bits per heavy atom. The molecule has 0 spiro atoms. The smallest absolute Gasteiger partial charge is 0.160 e. The number of aromatic nitrogens is 2. The summed E-state index contributed by atoms with van der Waals surface area (Å²) in [7, 11) is 3.29. The van der Waals surface area contributed by atoms with Crippen molar-refractivity contribution in [1.29, 1.82) is 0 Å². The Labute approximate surface area is 122 Å². The molecule has 6 heteroatoms. The molecule has 0 aliphatic carbocycles. The van der Waals surface area contributed by atoms with Gasteiger partial charge in [-0.15, -0.1) is 0 Å². The molecule has 0 aliphatic heterocycles. The second kappa shape index (κ2) is 6.12. The number of hydrogen-bond acceptors (Lipinski definition) is 5. The van der Waals surface area contributed by atoms with Crippen LogP contribution in [0.5, 0.6) is 0 Å². The average molecular weight is 365 g/mol.